The zero-order valence-corrected chi connectivity index (χ0v) is 19.5. The van der Waals surface area contributed by atoms with Gasteiger partial charge in [0.25, 0.3) is 0 Å². The SMILES string of the molecule is Nc1ccc(Cl)cc1.O=C(Nc1cc(NCc2cn3cc(C4CC4)ccc3n2)ccn1)C1CC1. The molecule has 174 valence electrons. The lowest BCUT2D eigenvalue weighted by molar-refractivity contribution is -0.117. The summed E-state index contributed by atoms with van der Waals surface area (Å²) >= 11 is 5.56. The largest absolute Gasteiger partial charge is 0.399 e. The van der Waals surface area contributed by atoms with Crippen LogP contribution in [0.2, 0.25) is 5.02 Å². The Labute approximate surface area is 203 Å². The molecule has 3 heterocycles. The fourth-order valence-electron chi connectivity index (χ4n) is 3.64. The summed E-state index contributed by atoms with van der Waals surface area (Å²) in [5.41, 5.74) is 10.4. The molecule has 4 aromatic rings. The molecule has 0 aliphatic heterocycles. The number of hydrogen-bond donors (Lipinski definition) is 3. The van der Waals surface area contributed by atoms with Crippen molar-refractivity contribution in [1.29, 1.82) is 0 Å². The lowest BCUT2D eigenvalue weighted by Gasteiger charge is -2.07. The van der Waals surface area contributed by atoms with Crippen molar-refractivity contribution < 1.29 is 4.79 Å². The highest BCUT2D eigenvalue weighted by atomic mass is 35.5. The smallest absolute Gasteiger partial charge is 0.228 e. The molecule has 0 bridgehead atoms. The van der Waals surface area contributed by atoms with Gasteiger partial charge in [-0.2, -0.15) is 0 Å². The molecule has 2 aliphatic carbocycles. The topological polar surface area (TPSA) is 97.3 Å². The molecule has 8 heteroatoms. The second kappa shape index (κ2) is 9.73. The number of nitrogens with two attached hydrogens (primary N) is 1. The van der Waals surface area contributed by atoms with E-state index in [2.05, 4.69) is 49.5 Å². The van der Waals surface area contributed by atoms with Crippen LogP contribution < -0.4 is 16.4 Å². The third-order valence-electron chi connectivity index (χ3n) is 5.88. The van der Waals surface area contributed by atoms with Crippen molar-refractivity contribution in [3.05, 3.63) is 83.4 Å². The third kappa shape index (κ3) is 5.85. The molecule has 0 saturated heterocycles. The number of imidazole rings is 1. The van der Waals surface area contributed by atoms with Crippen LogP contribution in [0.4, 0.5) is 17.2 Å². The highest BCUT2D eigenvalue weighted by molar-refractivity contribution is 6.30. The predicted molar refractivity (Wildman–Crippen MR) is 136 cm³/mol. The molecule has 0 unspecified atom stereocenters. The zero-order valence-electron chi connectivity index (χ0n) is 18.7. The van der Waals surface area contributed by atoms with E-state index in [1.54, 1.807) is 30.5 Å². The lowest BCUT2D eigenvalue weighted by Crippen LogP contribution is -2.14. The van der Waals surface area contributed by atoms with Crippen LogP contribution in [0.3, 0.4) is 0 Å². The molecular formula is C26H27ClN6O. The van der Waals surface area contributed by atoms with E-state index in [1.807, 2.05) is 12.1 Å². The number of hydrogen-bond acceptors (Lipinski definition) is 5. The van der Waals surface area contributed by atoms with Crippen molar-refractivity contribution in [2.75, 3.05) is 16.4 Å². The summed E-state index contributed by atoms with van der Waals surface area (Å²) in [6.45, 7) is 0.625. The monoisotopic (exact) mass is 474 g/mol. The Morgan fingerprint density at radius 2 is 1.85 bits per heavy atom. The van der Waals surface area contributed by atoms with E-state index in [0.29, 0.717) is 12.4 Å². The van der Waals surface area contributed by atoms with Crippen molar-refractivity contribution >= 4 is 40.3 Å². The van der Waals surface area contributed by atoms with E-state index in [4.69, 9.17) is 17.3 Å². The first-order chi connectivity index (χ1) is 16.5. The zero-order chi connectivity index (χ0) is 23.5. The van der Waals surface area contributed by atoms with Crippen LogP contribution in [0, 0.1) is 5.92 Å². The van der Waals surface area contributed by atoms with Gasteiger partial charge in [0.15, 0.2) is 0 Å². The first-order valence-corrected chi connectivity index (χ1v) is 11.9. The number of aromatic nitrogens is 3. The Morgan fingerprint density at radius 3 is 2.56 bits per heavy atom. The van der Waals surface area contributed by atoms with Crippen LogP contribution in [-0.4, -0.2) is 20.3 Å². The van der Waals surface area contributed by atoms with Crippen molar-refractivity contribution in [2.24, 2.45) is 5.92 Å². The summed E-state index contributed by atoms with van der Waals surface area (Å²) in [6, 6.07) is 15.1. The number of halogens is 1. The maximum atomic E-state index is 11.9. The van der Waals surface area contributed by atoms with Crippen molar-refractivity contribution in [2.45, 2.75) is 38.1 Å². The van der Waals surface area contributed by atoms with E-state index < -0.39 is 0 Å². The number of nitrogens with zero attached hydrogens (tertiary/aromatic N) is 3. The Kier molecular flexibility index (Phi) is 6.36. The molecule has 2 saturated carbocycles. The average Bonchev–Trinajstić information content (AvgIpc) is 3.76. The minimum absolute atomic E-state index is 0.0708. The second-order valence-electron chi connectivity index (χ2n) is 8.83. The molecule has 3 aromatic heterocycles. The Bertz CT molecular complexity index is 1270. The normalized spacial score (nSPS) is 14.9. The minimum atomic E-state index is 0.0708. The molecule has 34 heavy (non-hydrogen) atoms. The molecule has 2 fully saturated rings. The summed E-state index contributed by atoms with van der Waals surface area (Å²) in [4.78, 5) is 20.7. The number of nitrogen functional groups attached to an aromatic ring is 1. The number of carbonyl (C=O) groups excluding carboxylic acids is 1. The number of carbonyl (C=O) groups is 1. The summed E-state index contributed by atoms with van der Waals surface area (Å²) in [7, 11) is 0. The molecule has 1 aromatic carbocycles. The van der Waals surface area contributed by atoms with Crippen LogP contribution in [0.25, 0.3) is 5.65 Å². The Balaban J connectivity index is 0.000000257. The lowest BCUT2D eigenvalue weighted by atomic mass is 10.2. The van der Waals surface area contributed by atoms with Gasteiger partial charge in [0.1, 0.15) is 11.5 Å². The highest BCUT2D eigenvalue weighted by Crippen LogP contribution is 2.39. The summed E-state index contributed by atoms with van der Waals surface area (Å²) in [6.07, 6.45) is 10.6. The van der Waals surface area contributed by atoms with Crippen LogP contribution >= 0.6 is 11.6 Å². The van der Waals surface area contributed by atoms with Gasteiger partial charge >= 0.3 is 0 Å². The van der Waals surface area contributed by atoms with Gasteiger partial charge in [-0.25, -0.2) is 9.97 Å². The van der Waals surface area contributed by atoms with E-state index >= 15 is 0 Å². The van der Waals surface area contributed by atoms with Gasteiger partial charge in [0.05, 0.1) is 12.2 Å². The fourth-order valence-corrected chi connectivity index (χ4v) is 3.77. The number of rotatable bonds is 6. The molecule has 0 spiro atoms. The number of pyridine rings is 2. The van der Waals surface area contributed by atoms with E-state index in [0.717, 1.165) is 46.5 Å². The van der Waals surface area contributed by atoms with Crippen LogP contribution in [0.15, 0.2) is 67.1 Å². The molecule has 0 radical (unpaired) electrons. The fraction of sp³-hybridized carbons (Fsp3) is 0.269. The number of nitrogens with one attached hydrogen (secondary N) is 2. The van der Waals surface area contributed by atoms with Gasteiger partial charge in [-0.3, -0.25) is 4.79 Å². The molecular weight excluding hydrogens is 448 g/mol. The van der Waals surface area contributed by atoms with Gasteiger partial charge < -0.3 is 20.8 Å². The molecule has 6 rings (SSSR count). The first-order valence-electron chi connectivity index (χ1n) is 11.5. The maximum Gasteiger partial charge on any atom is 0.228 e. The van der Waals surface area contributed by atoms with E-state index in [1.165, 1.54) is 18.4 Å². The number of fused-ring (bicyclic) bond motifs is 1. The summed E-state index contributed by atoms with van der Waals surface area (Å²) in [5.74, 6) is 1.58. The first kappa shape index (κ1) is 22.2. The molecule has 4 N–H and O–H groups in total. The quantitative estimate of drug-likeness (QED) is 0.321. The Hall–Kier alpha value is -3.58. The average molecular weight is 475 g/mol. The standard InChI is InChI=1S/C20H21N5O.C6H6ClN/c26-20(14-3-4-14)24-18-9-16(7-8-21-18)22-10-17-12-25-11-15(13-1-2-13)5-6-19(25)23-17;7-5-1-3-6(8)4-2-5/h5-9,11-14H,1-4,10H2,(H2,21,22,24,26);1-4H,8H2. The molecule has 1 amide bonds. The number of benzene rings is 1. The summed E-state index contributed by atoms with van der Waals surface area (Å²) in [5, 5.41) is 6.96. The van der Waals surface area contributed by atoms with Gasteiger partial charge in [-0.05, 0) is 73.6 Å². The summed E-state index contributed by atoms with van der Waals surface area (Å²) < 4.78 is 2.11. The number of anilines is 3. The second-order valence-corrected chi connectivity index (χ2v) is 9.27. The predicted octanol–water partition coefficient (Wildman–Crippen LogP) is 5.49. The highest BCUT2D eigenvalue weighted by Gasteiger charge is 2.29. The third-order valence-corrected chi connectivity index (χ3v) is 6.13. The van der Waals surface area contributed by atoms with Crippen molar-refractivity contribution in [3.8, 4) is 0 Å². The van der Waals surface area contributed by atoms with Gasteiger partial charge in [0.2, 0.25) is 5.91 Å². The van der Waals surface area contributed by atoms with Gasteiger partial charge in [-0.1, -0.05) is 17.7 Å². The van der Waals surface area contributed by atoms with Crippen LogP contribution in [0.5, 0.6) is 0 Å². The van der Waals surface area contributed by atoms with E-state index in [-0.39, 0.29) is 11.8 Å². The Morgan fingerprint density at radius 1 is 1.06 bits per heavy atom. The molecule has 0 atom stereocenters. The van der Waals surface area contributed by atoms with Gasteiger partial charge in [0, 0.05) is 47.0 Å². The minimum Gasteiger partial charge on any atom is -0.399 e. The molecule has 7 nitrogen and oxygen atoms in total. The molecule has 2 aliphatic rings. The number of amides is 1. The van der Waals surface area contributed by atoms with Crippen LogP contribution in [0.1, 0.15) is 42.9 Å². The van der Waals surface area contributed by atoms with E-state index in [9.17, 15) is 4.79 Å². The van der Waals surface area contributed by atoms with Crippen molar-refractivity contribution in [3.63, 3.8) is 0 Å². The van der Waals surface area contributed by atoms with Gasteiger partial charge in [-0.15, -0.1) is 0 Å². The van der Waals surface area contributed by atoms with Crippen molar-refractivity contribution in [1.82, 2.24) is 14.4 Å². The maximum absolute atomic E-state index is 11.9. The van der Waals surface area contributed by atoms with Crippen LogP contribution in [-0.2, 0) is 11.3 Å².